The molecule has 180 valence electrons. The number of nitrogens with zero attached hydrogens (tertiary/aromatic N) is 2. The highest BCUT2D eigenvalue weighted by Gasteiger charge is 2.41. The standard InChI is InChI=1S/C25H38F3N3O/c1-6-8-22(23(7-2)32-5)30-20-9-11-24(4,14-20)17(3)31-12-10-21-18(16-31)13-19(15-29-21)25(26,27)28/h13,15,20,22-23,30H,3,6-12,14,16H2,1-2,4-5H3/t20-,22?,23?,24+/m1/s1. The third kappa shape index (κ3) is 5.48. The number of fused-ring (bicyclic) bond motifs is 1. The Morgan fingerprint density at radius 3 is 2.78 bits per heavy atom. The predicted octanol–water partition coefficient (Wildman–Crippen LogP) is 5.71. The smallest absolute Gasteiger partial charge is 0.380 e. The Morgan fingerprint density at radius 2 is 2.16 bits per heavy atom. The van der Waals surface area contributed by atoms with E-state index in [0.717, 1.165) is 62.7 Å². The second-order valence-electron chi connectivity index (χ2n) is 9.69. The quantitative estimate of drug-likeness (QED) is 0.519. The first kappa shape index (κ1) is 25.0. The van der Waals surface area contributed by atoms with Crippen LogP contribution in [-0.2, 0) is 23.9 Å². The molecule has 4 nitrogen and oxygen atoms in total. The molecule has 32 heavy (non-hydrogen) atoms. The molecule has 0 amide bonds. The van der Waals surface area contributed by atoms with Gasteiger partial charge in [0.15, 0.2) is 0 Å². The summed E-state index contributed by atoms with van der Waals surface area (Å²) in [6, 6.07) is 1.99. The van der Waals surface area contributed by atoms with E-state index in [4.69, 9.17) is 4.74 Å². The summed E-state index contributed by atoms with van der Waals surface area (Å²) in [5.41, 5.74) is 1.74. The average Bonchev–Trinajstić information content (AvgIpc) is 3.14. The lowest BCUT2D eigenvalue weighted by molar-refractivity contribution is -0.137. The molecule has 7 heteroatoms. The highest BCUT2D eigenvalue weighted by molar-refractivity contribution is 5.30. The Kier molecular flexibility index (Phi) is 7.92. The number of halogens is 3. The number of methoxy groups -OCH3 is 1. The molecule has 2 unspecified atom stereocenters. The molecule has 1 aliphatic heterocycles. The maximum atomic E-state index is 13.1. The number of nitrogens with one attached hydrogen (secondary N) is 1. The van der Waals surface area contributed by atoms with Gasteiger partial charge < -0.3 is 15.0 Å². The van der Waals surface area contributed by atoms with Gasteiger partial charge in [-0.3, -0.25) is 4.98 Å². The fourth-order valence-electron chi connectivity index (χ4n) is 5.44. The summed E-state index contributed by atoms with van der Waals surface area (Å²) in [4.78, 5) is 6.26. The summed E-state index contributed by atoms with van der Waals surface area (Å²) < 4.78 is 45.1. The number of aromatic nitrogens is 1. The Bertz CT molecular complexity index is 793. The maximum absolute atomic E-state index is 13.1. The molecule has 1 aromatic heterocycles. The Hall–Kier alpha value is -1.60. The van der Waals surface area contributed by atoms with Crippen LogP contribution in [0.1, 0.15) is 76.1 Å². The van der Waals surface area contributed by atoms with Crippen molar-refractivity contribution in [1.82, 2.24) is 15.2 Å². The zero-order chi connectivity index (χ0) is 23.5. The monoisotopic (exact) mass is 453 g/mol. The van der Waals surface area contributed by atoms with Crippen molar-refractivity contribution in [2.75, 3.05) is 13.7 Å². The van der Waals surface area contributed by atoms with Gasteiger partial charge in [0, 0.05) is 61.7 Å². The first-order valence-corrected chi connectivity index (χ1v) is 11.9. The van der Waals surface area contributed by atoms with Gasteiger partial charge in [0.1, 0.15) is 0 Å². The number of hydrogen-bond acceptors (Lipinski definition) is 4. The van der Waals surface area contributed by atoms with Crippen LogP contribution < -0.4 is 5.32 Å². The molecule has 2 aliphatic rings. The largest absolute Gasteiger partial charge is 0.417 e. The van der Waals surface area contributed by atoms with Gasteiger partial charge in [-0.2, -0.15) is 13.2 Å². The number of alkyl halides is 3. The lowest BCUT2D eigenvalue weighted by atomic mass is 9.83. The second kappa shape index (κ2) is 10.1. The van der Waals surface area contributed by atoms with Crippen LogP contribution in [0.4, 0.5) is 13.2 Å². The number of allylic oxidation sites excluding steroid dienone is 1. The molecule has 1 saturated carbocycles. The van der Waals surface area contributed by atoms with Crippen LogP contribution in [0.2, 0.25) is 0 Å². The normalized spacial score (nSPS) is 25.5. The highest BCUT2D eigenvalue weighted by atomic mass is 19.4. The number of pyridine rings is 1. The van der Waals surface area contributed by atoms with Crippen LogP contribution in [0, 0.1) is 5.41 Å². The molecule has 1 aliphatic carbocycles. The molecule has 0 bridgehead atoms. The van der Waals surface area contributed by atoms with Crippen molar-refractivity contribution in [3.8, 4) is 0 Å². The number of ether oxygens (including phenoxy) is 1. The van der Waals surface area contributed by atoms with Gasteiger partial charge in [-0.15, -0.1) is 0 Å². The van der Waals surface area contributed by atoms with Crippen LogP contribution in [0.15, 0.2) is 24.5 Å². The summed E-state index contributed by atoms with van der Waals surface area (Å²) in [5, 5.41) is 3.85. The van der Waals surface area contributed by atoms with Crippen molar-refractivity contribution in [2.24, 2.45) is 5.41 Å². The van der Waals surface area contributed by atoms with Crippen LogP contribution in [0.3, 0.4) is 0 Å². The fraction of sp³-hybridized carbons (Fsp3) is 0.720. The Labute approximate surface area is 190 Å². The Balaban J connectivity index is 1.67. The zero-order valence-corrected chi connectivity index (χ0v) is 19.9. The van der Waals surface area contributed by atoms with Crippen LogP contribution in [-0.4, -0.2) is 41.7 Å². The summed E-state index contributed by atoms with van der Waals surface area (Å²) in [6.07, 6.45) is 3.68. The number of hydrogen-bond donors (Lipinski definition) is 1. The van der Waals surface area contributed by atoms with E-state index >= 15 is 0 Å². The minimum atomic E-state index is -4.37. The topological polar surface area (TPSA) is 37.4 Å². The van der Waals surface area contributed by atoms with Gasteiger partial charge in [-0.1, -0.05) is 33.8 Å². The van der Waals surface area contributed by atoms with Crippen LogP contribution in [0.5, 0.6) is 0 Å². The summed E-state index contributed by atoms with van der Waals surface area (Å²) in [7, 11) is 1.78. The molecule has 1 fully saturated rings. The molecule has 0 aromatic carbocycles. The molecular weight excluding hydrogens is 415 g/mol. The van der Waals surface area contributed by atoms with Gasteiger partial charge in [0.05, 0.1) is 11.7 Å². The molecule has 0 spiro atoms. The maximum Gasteiger partial charge on any atom is 0.417 e. The van der Waals surface area contributed by atoms with Gasteiger partial charge in [-0.25, -0.2) is 0 Å². The van der Waals surface area contributed by atoms with Gasteiger partial charge >= 0.3 is 6.18 Å². The lowest BCUT2D eigenvalue weighted by Crippen LogP contribution is -2.45. The van der Waals surface area contributed by atoms with E-state index < -0.39 is 11.7 Å². The molecule has 1 aromatic rings. The van der Waals surface area contributed by atoms with E-state index in [1.54, 1.807) is 7.11 Å². The first-order valence-electron chi connectivity index (χ1n) is 11.9. The average molecular weight is 454 g/mol. The molecule has 0 saturated heterocycles. The van der Waals surface area contributed by atoms with E-state index in [9.17, 15) is 13.2 Å². The third-order valence-electron chi connectivity index (χ3n) is 7.39. The zero-order valence-electron chi connectivity index (χ0n) is 19.9. The predicted molar refractivity (Wildman–Crippen MR) is 121 cm³/mol. The van der Waals surface area contributed by atoms with Gasteiger partial charge in [0.25, 0.3) is 0 Å². The van der Waals surface area contributed by atoms with Crippen molar-refractivity contribution < 1.29 is 17.9 Å². The van der Waals surface area contributed by atoms with Crippen molar-refractivity contribution >= 4 is 0 Å². The lowest BCUT2D eigenvalue weighted by Gasteiger charge is -2.39. The van der Waals surface area contributed by atoms with E-state index in [0.29, 0.717) is 30.6 Å². The second-order valence-corrected chi connectivity index (χ2v) is 9.69. The van der Waals surface area contributed by atoms with Gasteiger partial charge in [0.2, 0.25) is 0 Å². The summed E-state index contributed by atoms with van der Waals surface area (Å²) in [5.74, 6) is 0. The van der Waals surface area contributed by atoms with Gasteiger partial charge in [-0.05, 0) is 43.7 Å². The molecule has 1 N–H and O–H groups in total. The van der Waals surface area contributed by atoms with Crippen molar-refractivity contribution in [2.45, 2.75) is 96.6 Å². The van der Waals surface area contributed by atoms with Crippen molar-refractivity contribution in [1.29, 1.82) is 0 Å². The molecule has 3 rings (SSSR count). The molecule has 2 heterocycles. The number of rotatable bonds is 9. The first-order chi connectivity index (χ1) is 15.1. The van der Waals surface area contributed by atoms with Crippen LogP contribution in [0.25, 0.3) is 0 Å². The molecule has 0 radical (unpaired) electrons. The third-order valence-corrected chi connectivity index (χ3v) is 7.39. The van der Waals surface area contributed by atoms with E-state index in [1.807, 2.05) is 0 Å². The minimum Gasteiger partial charge on any atom is -0.380 e. The van der Waals surface area contributed by atoms with Crippen LogP contribution >= 0.6 is 0 Å². The van der Waals surface area contributed by atoms with E-state index in [-0.39, 0.29) is 11.5 Å². The highest BCUT2D eigenvalue weighted by Crippen LogP contribution is 2.45. The van der Waals surface area contributed by atoms with Crippen molar-refractivity contribution in [3.63, 3.8) is 0 Å². The molecule has 4 atom stereocenters. The van der Waals surface area contributed by atoms with E-state index in [1.165, 1.54) is 6.07 Å². The summed E-state index contributed by atoms with van der Waals surface area (Å²) >= 11 is 0. The van der Waals surface area contributed by atoms with E-state index in [2.05, 4.69) is 42.6 Å². The Morgan fingerprint density at radius 1 is 1.41 bits per heavy atom. The molecular formula is C25H38F3N3O. The minimum absolute atomic E-state index is 0.0597. The van der Waals surface area contributed by atoms with Crippen molar-refractivity contribution in [3.05, 3.63) is 41.4 Å². The summed E-state index contributed by atoms with van der Waals surface area (Å²) in [6.45, 7) is 12.2. The SMILES string of the molecule is C=C(N1CCc2ncc(C(F)(F)F)cc2C1)[C@@]1(C)CC[C@@H](NC(CCC)C(CC)OC)C1. The fourth-order valence-corrected chi connectivity index (χ4v) is 5.44.